The zero-order valence-corrected chi connectivity index (χ0v) is 11.0. The minimum absolute atomic E-state index is 0.0118. The van der Waals surface area contributed by atoms with Gasteiger partial charge in [0.15, 0.2) is 0 Å². The number of nitrogens with two attached hydrogens (primary N) is 1. The van der Waals surface area contributed by atoms with Crippen molar-refractivity contribution in [3.05, 3.63) is 23.8 Å². The molecule has 1 fully saturated rings. The molecule has 2 amide bonds. The number of nitrogens with one attached hydrogen (secondary N) is 2. The van der Waals surface area contributed by atoms with E-state index in [0.717, 1.165) is 0 Å². The summed E-state index contributed by atoms with van der Waals surface area (Å²) in [7, 11) is -3.82. The Morgan fingerprint density at radius 3 is 2.58 bits per heavy atom. The summed E-state index contributed by atoms with van der Waals surface area (Å²) in [6.45, 7) is 1.58. The van der Waals surface area contributed by atoms with E-state index in [9.17, 15) is 18.0 Å². The van der Waals surface area contributed by atoms with Gasteiger partial charge >= 0.3 is 0 Å². The number of carbonyl (C=O) groups excluding carboxylic acids is 2. The fourth-order valence-electron chi connectivity index (χ4n) is 1.94. The molecule has 8 heteroatoms. The van der Waals surface area contributed by atoms with Gasteiger partial charge < -0.3 is 5.32 Å². The van der Waals surface area contributed by atoms with Crippen LogP contribution in [0.3, 0.4) is 0 Å². The highest BCUT2D eigenvalue weighted by Crippen LogP contribution is 2.23. The molecule has 1 atom stereocenters. The maximum Gasteiger partial charge on any atom is 0.249 e. The first kappa shape index (κ1) is 13.5. The van der Waals surface area contributed by atoms with Crippen LogP contribution in [0.4, 0.5) is 5.69 Å². The Labute approximate surface area is 110 Å². The summed E-state index contributed by atoms with van der Waals surface area (Å²) >= 11 is 0. The van der Waals surface area contributed by atoms with Gasteiger partial charge in [0, 0.05) is 5.69 Å². The molecule has 102 valence electrons. The number of primary sulfonamides is 1. The molecule has 1 aromatic carbocycles. The molecule has 0 spiro atoms. The van der Waals surface area contributed by atoms with Crippen molar-refractivity contribution in [1.82, 2.24) is 5.32 Å². The Balaban J connectivity index is 2.32. The van der Waals surface area contributed by atoms with Crippen molar-refractivity contribution in [3.63, 3.8) is 0 Å². The van der Waals surface area contributed by atoms with Crippen molar-refractivity contribution in [1.29, 1.82) is 0 Å². The Kier molecular flexibility index (Phi) is 3.29. The minimum atomic E-state index is -3.82. The molecule has 1 unspecified atom stereocenters. The first-order valence-corrected chi connectivity index (χ1v) is 7.06. The van der Waals surface area contributed by atoms with Crippen molar-refractivity contribution in [3.8, 4) is 0 Å². The highest BCUT2D eigenvalue weighted by atomic mass is 32.2. The van der Waals surface area contributed by atoms with Crippen LogP contribution in [0.5, 0.6) is 0 Å². The maximum atomic E-state index is 11.4. The third-order valence-electron chi connectivity index (χ3n) is 2.89. The predicted molar refractivity (Wildman–Crippen MR) is 67.7 cm³/mol. The molecule has 1 aliphatic rings. The first-order chi connectivity index (χ1) is 8.79. The number of amides is 2. The summed E-state index contributed by atoms with van der Waals surface area (Å²) in [5.74, 6) is -0.784. The lowest BCUT2D eigenvalue weighted by molar-refractivity contribution is -0.124. The second-order valence-corrected chi connectivity index (χ2v) is 5.82. The molecule has 1 saturated heterocycles. The second kappa shape index (κ2) is 4.63. The van der Waals surface area contributed by atoms with E-state index in [1.807, 2.05) is 0 Å². The van der Waals surface area contributed by atoms with Gasteiger partial charge in [-0.1, -0.05) is 6.07 Å². The van der Waals surface area contributed by atoms with Crippen LogP contribution < -0.4 is 15.8 Å². The molecule has 0 aromatic heterocycles. The van der Waals surface area contributed by atoms with Gasteiger partial charge in [-0.3, -0.25) is 14.9 Å². The van der Waals surface area contributed by atoms with Crippen LogP contribution in [0.25, 0.3) is 0 Å². The zero-order valence-electron chi connectivity index (χ0n) is 10.1. The first-order valence-electron chi connectivity index (χ1n) is 5.51. The fourth-order valence-corrected chi connectivity index (χ4v) is 2.74. The second-order valence-electron chi connectivity index (χ2n) is 4.29. The minimum Gasteiger partial charge on any atom is -0.373 e. The van der Waals surface area contributed by atoms with Crippen LogP contribution >= 0.6 is 0 Å². The summed E-state index contributed by atoms with van der Waals surface area (Å²) in [6, 6.07) is 3.83. The lowest BCUT2D eigenvalue weighted by Gasteiger charge is -2.15. The Bertz CT molecular complexity index is 654. The van der Waals surface area contributed by atoms with E-state index in [1.165, 1.54) is 12.1 Å². The van der Waals surface area contributed by atoms with Gasteiger partial charge in [0.1, 0.15) is 6.04 Å². The molecule has 2 rings (SSSR count). The molecular weight excluding hydrogens is 270 g/mol. The van der Waals surface area contributed by atoms with Crippen molar-refractivity contribution >= 4 is 27.5 Å². The van der Waals surface area contributed by atoms with Gasteiger partial charge in [-0.15, -0.1) is 0 Å². The van der Waals surface area contributed by atoms with E-state index < -0.39 is 22.0 Å². The zero-order chi connectivity index (χ0) is 14.2. The normalized spacial score (nSPS) is 19.4. The highest BCUT2D eigenvalue weighted by molar-refractivity contribution is 7.89. The molecule has 0 radical (unpaired) electrons. The average Bonchev–Trinajstić information content (AvgIpc) is 2.59. The number of carbonyl (C=O) groups is 2. The smallest absolute Gasteiger partial charge is 0.249 e. The van der Waals surface area contributed by atoms with Gasteiger partial charge in [-0.05, 0) is 24.6 Å². The molecule has 1 heterocycles. The summed E-state index contributed by atoms with van der Waals surface area (Å²) in [5.41, 5.74) is 0.874. The summed E-state index contributed by atoms with van der Waals surface area (Å²) < 4.78 is 22.8. The topological polar surface area (TPSA) is 118 Å². The lowest BCUT2D eigenvalue weighted by Crippen LogP contribution is -2.30. The number of hydrogen-bond donors (Lipinski definition) is 3. The fraction of sp³-hybridized carbons (Fsp3) is 0.273. The van der Waals surface area contributed by atoms with Crippen molar-refractivity contribution < 1.29 is 18.0 Å². The monoisotopic (exact) mass is 283 g/mol. The van der Waals surface area contributed by atoms with Crippen LogP contribution in [0.15, 0.2) is 23.1 Å². The van der Waals surface area contributed by atoms with Crippen LogP contribution in [0, 0.1) is 6.92 Å². The van der Waals surface area contributed by atoms with Crippen LogP contribution in [0.2, 0.25) is 0 Å². The third kappa shape index (κ3) is 2.74. The van der Waals surface area contributed by atoms with Gasteiger partial charge in [0.05, 0.1) is 11.3 Å². The number of anilines is 1. The standard InChI is InChI=1S/C11H13N3O4S/c1-6-7(3-2-4-9(6)19(12,17)18)13-8-5-10(15)14-11(8)16/h2-4,8,13H,5H2,1H3,(H2,12,17,18)(H,14,15,16). The molecule has 0 aliphatic carbocycles. The average molecular weight is 283 g/mol. The summed E-state index contributed by atoms with van der Waals surface area (Å²) in [6.07, 6.45) is 0.0257. The molecule has 0 saturated carbocycles. The van der Waals surface area contributed by atoms with Gasteiger partial charge in [0.25, 0.3) is 0 Å². The molecule has 19 heavy (non-hydrogen) atoms. The number of rotatable bonds is 3. The van der Waals surface area contributed by atoms with Crippen molar-refractivity contribution in [2.75, 3.05) is 5.32 Å². The highest BCUT2D eigenvalue weighted by Gasteiger charge is 2.30. The maximum absolute atomic E-state index is 11.4. The quantitative estimate of drug-likeness (QED) is 0.644. The molecule has 0 bridgehead atoms. The Morgan fingerprint density at radius 2 is 2.05 bits per heavy atom. The van der Waals surface area contributed by atoms with E-state index in [-0.39, 0.29) is 17.2 Å². The van der Waals surface area contributed by atoms with E-state index in [1.54, 1.807) is 13.0 Å². The van der Waals surface area contributed by atoms with Gasteiger partial charge in [0.2, 0.25) is 21.8 Å². The van der Waals surface area contributed by atoms with Gasteiger partial charge in [-0.25, -0.2) is 13.6 Å². The van der Waals surface area contributed by atoms with E-state index in [4.69, 9.17) is 5.14 Å². The molecule has 1 aliphatic heterocycles. The molecule has 7 nitrogen and oxygen atoms in total. The van der Waals surface area contributed by atoms with Crippen LogP contribution in [-0.4, -0.2) is 26.3 Å². The third-order valence-corrected chi connectivity index (χ3v) is 3.94. The SMILES string of the molecule is Cc1c(NC2CC(=O)NC2=O)cccc1S(N)(=O)=O. The van der Waals surface area contributed by atoms with Crippen molar-refractivity contribution in [2.45, 2.75) is 24.3 Å². The van der Waals surface area contributed by atoms with E-state index in [0.29, 0.717) is 11.3 Å². The van der Waals surface area contributed by atoms with Crippen molar-refractivity contribution in [2.24, 2.45) is 5.14 Å². The number of hydrogen-bond acceptors (Lipinski definition) is 5. The largest absolute Gasteiger partial charge is 0.373 e. The van der Waals surface area contributed by atoms with Crippen LogP contribution in [-0.2, 0) is 19.6 Å². The lowest BCUT2D eigenvalue weighted by atomic mass is 10.1. The van der Waals surface area contributed by atoms with Gasteiger partial charge in [-0.2, -0.15) is 0 Å². The Hall–Kier alpha value is -1.93. The van der Waals surface area contributed by atoms with E-state index >= 15 is 0 Å². The van der Waals surface area contributed by atoms with Crippen LogP contribution in [0.1, 0.15) is 12.0 Å². The Morgan fingerprint density at radius 1 is 1.37 bits per heavy atom. The summed E-state index contributed by atoms with van der Waals surface area (Å²) in [4.78, 5) is 22.5. The predicted octanol–water partition coefficient (Wildman–Crippen LogP) is -0.531. The number of benzene rings is 1. The molecule has 4 N–H and O–H groups in total. The number of sulfonamides is 1. The molecular formula is C11H13N3O4S. The number of imide groups is 1. The van der Waals surface area contributed by atoms with E-state index in [2.05, 4.69) is 10.6 Å². The molecule has 1 aromatic rings. The summed E-state index contributed by atoms with van der Waals surface area (Å²) in [5, 5.41) is 10.1.